The van der Waals surface area contributed by atoms with Gasteiger partial charge in [-0.2, -0.15) is 0 Å². The molecular formula is C22H13BrN2O6. The van der Waals surface area contributed by atoms with Crippen LogP contribution in [0.2, 0.25) is 0 Å². The van der Waals surface area contributed by atoms with Crippen LogP contribution in [0.25, 0.3) is 0 Å². The fourth-order valence-corrected chi connectivity index (χ4v) is 3.91. The van der Waals surface area contributed by atoms with Crippen molar-refractivity contribution in [2.75, 3.05) is 11.1 Å². The van der Waals surface area contributed by atoms with E-state index in [1.807, 2.05) is 0 Å². The van der Waals surface area contributed by atoms with Crippen molar-refractivity contribution in [2.45, 2.75) is 0 Å². The second-order valence-corrected chi connectivity index (χ2v) is 7.66. The van der Waals surface area contributed by atoms with Crippen molar-refractivity contribution < 1.29 is 29.4 Å². The predicted octanol–water partition coefficient (Wildman–Crippen LogP) is 3.95. The molecule has 9 heteroatoms. The van der Waals surface area contributed by atoms with E-state index in [4.69, 9.17) is 5.73 Å². The molecule has 3 aromatic rings. The Balaban J connectivity index is 1.92. The number of carbonyl (C=O) groups is 4. The molecule has 0 atom stereocenters. The third kappa shape index (κ3) is 3.34. The van der Waals surface area contributed by atoms with Crippen LogP contribution in [-0.4, -0.2) is 33.7 Å². The zero-order valence-electron chi connectivity index (χ0n) is 15.6. The second-order valence-electron chi connectivity index (χ2n) is 6.81. The minimum Gasteiger partial charge on any atom is -0.478 e. The summed E-state index contributed by atoms with van der Waals surface area (Å²) in [7, 11) is 0. The molecule has 0 radical (unpaired) electrons. The number of rotatable bonds is 4. The molecule has 0 amide bonds. The molecule has 5 N–H and O–H groups in total. The van der Waals surface area contributed by atoms with Crippen LogP contribution in [0.5, 0.6) is 0 Å². The smallest absolute Gasteiger partial charge is 0.335 e. The van der Waals surface area contributed by atoms with Crippen LogP contribution < -0.4 is 11.1 Å². The first kappa shape index (κ1) is 20.3. The van der Waals surface area contributed by atoms with E-state index in [9.17, 15) is 29.4 Å². The van der Waals surface area contributed by atoms with Crippen molar-refractivity contribution >= 4 is 56.5 Å². The highest BCUT2D eigenvalue weighted by atomic mass is 79.9. The quantitative estimate of drug-likeness (QED) is 0.321. The van der Waals surface area contributed by atoms with Gasteiger partial charge in [-0.25, -0.2) is 9.59 Å². The number of fused-ring (bicyclic) bond motifs is 2. The van der Waals surface area contributed by atoms with Gasteiger partial charge in [0.1, 0.15) is 0 Å². The fourth-order valence-electron chi connectivity index (χ4n) is 3.49. The molecule has 0 aromatic heterocycles. The average Bonchev–Trinajstić information content (AvgIpc) is 2.74. The zero-order valence-corrected chi connectivity index (χ0v) is 17.2. The lowest BCUT2D eigenvalue weighted by Crippen LogP contribution is -2.24. The number of carboxylic acid groups (broad SMARTS) is 2. The number of benzene rings is 3. The van der Waals surface area contributed by atoms with Gasteiger partial charge >= 0.3 is 11.9 Å². The molecule has 8 nitrogen and oxygen atoms in total. The maximum atomic E-state index is 13.2. The topological polar surface area (TPSA) is 147 Å². The van der Waals surface area contributed by atoms with Crippen molar-refractivity contribution in [3.8, 4) is 0 Å². The summed E-state index contributed by atoms with van der Waals surface area (Å²) in [6.07, 6.45) is 0. The molecule has 0 fully saturated rings. The summed E-state index contributed by atoms with van der Waals surface area (Å²) in [4.78, 5) is 49.1. The molecule has 0 spiro atoms. The Morgan fingerprint density at radius 1 is 0.839 bits per heavy atom. The molecule has 154 valence electrons. The Hall–Kier alpha value is -3.98. The highest BCUT2D eigenvalue weighted by molar-refractivity contribution is 9.10. The first-order chi connectivity index (χ1) is 14.7. The highest BCUT2D eigenvalue weighted by Crippen LogP contribution is 2.40. The van der Waals surface area contributed by atoms with Crippen LogP contribution in [0.15, 0.2) is 53.0 Å². The van der Waals surface area contributed by atoms with Gasteiger partial charge < -0.3 is 21.3 Å². The maximum Gasteiger partial charge on any atom is 0.335 e. The Morgan fingerprint density at radius 3 is 1.87 bits per heavy atom. The molecule has 0 aliphatic heterocycles. The average molecular weight is 481 g/mol. The first-order valence-electron chi connectivity index (χ1n) is 8.88. The van der Waals surface area contributed by atoms with Crippen LogP contribution in [0.4, 0.5) is 17.1 Å². The summed E-state index contributed by atoms with van der Waals surface area (Å²) in [6.45, 7) is 0. The van der Waals surface area contributed by atoms with E-state index in [1.54, 1.807) is 18.2 Å². The number of nitrogens with two attached hydrogens (primary N) is 1. The molecule has 31 heavy (non-hydrogen) atoms. The summed E-state index contributed by atoms with van der Waals surface area (Å²) in [6, 6.07) is 11.3. The van der Waals surface area contributed by atoms with Gasteiger partial charge in [-0.3, -0.25) is 9.59 Å². The lowest BCUT2D eigenvalue weighted by atomic mass is 9.82. The van der Waals surface area contributed by atoms with Crippen molar-refractivity contribution in [1.29, 1.82) is 0 Å². The van der Waals surface area contributed by atoms with Gasteiger partial charge in [-0.05, 0) is 40.2 Å². The number of carbonyl (C=O) groups excluding carboxylic acids is 2. The van der Waals surface area contributed by atoms with Gasteiger partial charge in [0.05, 0.1) is 33.6 Å². The molecule has 0 saturated heterocycles. The van der Waals surface area contributed by atoms with E-state index in [0.717, 1.165) is 6.07 Å². The summed E-state index contributed by atoms with van der Waals surface area (Å²) in [5.74, 6) is -3.48. The number of hydrogen-bond acceptors (Lipinski definition) is 6. The number of aromatic carboxylic acids is 2. The van der Waals surface area contributed by atoms with Crippen LogP contribution in [-0.2, 0) is 0 Å². The minimum atomic E-state index is -1.31. The summed E-state index contributed by atoms with van der Waals surface area (Å²) >= 11 is 3.28. The van der Waals surface area contributed by atoms with Gasteiger partial charge in [0.15, 0.2) is 11.6 Å². The third-order valence-electron chi connectivity index (χ3n) is 4.89. The molecule has 0 saturated carbocycles. The van der Waals surface area contributed by atoms with E-state index in [2.05, 4.69) is 21.2 Å². The summed E-state index contributed by atoms with van der Waals surface area (Å²) in [5.41, 5.74) is 6.50. The van der Waals surface area contributed by atoms with Crippen LogP contribution >= 0.6 is 15.9 Å². The number of nitrogen functional groups attached to an aromatic ring is 1. The van der Waals surface area contributed by atoms with Gasteiger partial charge in [-0.1, -0.05) is 24.3 Å². The first-order valence-corrected chi connectivity index (χ1v) is 9.67. The molecule has 0 bridgehead atoms. The van der Waals surface area contributed by atoms with Gasteiger partial charge in [0, 0.05) is 21.3 Å². The summed E-state index contributed by atoms with van der Waals surface area (Å²) in [5, 5.41) is 21.5. The lowest BCUT2D eigenvalue weighted by molar-refractivity contribution is 0.0696. The lowest BCUT2D eigenvalue weighted by Gasteiger charge is -2.23. The number of ketones is 2. The Kier molecular flexibility index (Phi) is 4.82. The minimum absolute atomic E-state index is 0.0217. The van der Waals surface area contributed by atoms with Crippen LogP contribution in [0.1, 0.15) is 52.6 Å². The van der Waals surface area contributed by atoms with Gasteiger partial charge in [-0.15, -0.1) is 0 Å². The number of hydrogen-bond donors (Lipinski definition) is 4. The predicted molar refractivity (Wildman–Crippen MR) is 116 cm³/mol. The van der Waals surface area contributed by atoms with Crippen molar-refractivity contribution in [1.82, 2.24) is 0 Å². The number of halogens is 1. The van der Waals surface area contributed by atoms with E-state index in [0.29, 0.717) is 4.47 Å². The Labute approximate surface area is 183 Å². The monoisotopic (exact) mass is 480 g/mol. The van der Waals surface area contributed by atoms with Crippen molar-refractivity contribution in [3.63, 3.8) is 0 Å². The van der Waals surface area contributed by atoms with Gasteiger partial charge in [0.2, 0.25) is 0 Å². The van der Waals surface area contributed by atoms with E-state index in [-0.39, 0.29) is 50.4 Å². The molecule has 0 heterocycles. The SMILES string of the molecule is Nc1c(Br)cc(Nc2cc(C(=O)O)cc(C(=O)O)c2)c2c1C(=O)c1ccccc1C2=O. The molecule has 0 unspecified atom stereocenters. The Morgan fingerprint density at radius 2 is 1.35 bits per heavy atom. The number of nitrogens with one attached hydrogen (secondary N) is 1. The zero-order chi connectivity index (χ0) is 22.4. The van der Waals surface area contributed by atoms with Gasteiger partial charge in [0.25, 0.3) is 0 Å². The molecule has 1 aliphatic carbocycles. The molecule has 1 aliphatic rings. The number of anilines is 3. The standard InChI is InChI=1S/C22H13BrN2O6/c23-14-8-15(25-11-6-9(21(28)29)5-10(7-11)22(30)31)16-17(18(14)24)20(27)13-4-2-1-3-12(13)19(16)26/h1-8,25H,24H2,(H,28,29)(H,30,31). The van der Waals surface area contributed by atoms with Crippen molar-refractivity contribution in [2.24, 2.45) is 0 Å². The molecule has 4 rings (SSSR count). The highest BCUT2D eigenvalue weighted by Gasteiger charge is 2.34. The largest absolute Gasteiger partial charge is 0.478 e. The Bertz CT molecular complexity index is 1300. The van der Waals surface area contributed by atoms with Crippen LogP contribution in [0, 0.1) is 0 Å². The second kappa shape index (κ2) is 7.37. The van der Waals surface area contributed by atoms with Crippen molar-refractivity contribution in [3.05, 3.63) is 86.4 Å². The van der Waals surface area contributed by atoms with Crippen LogP contribution in [0.3, 0.4) is 0 Å². The normalized spacial score (nSPS) is 12.2. The molecular weight excluding hydrogens is 468 g/mol. The van der Waals surface area contributed by atoms with E-state index >= 15 is 0 Å². The fraction of sp³-hybridized carbons (Fsp3) is 0. The number of carboxylic acids is 2. The van der Waals surface area contributed by atoms with E-state index < -0.39 is 23.5 Å². The van der Waals surface area contributed by atoms with E-state index in [1.165, 1.54) is 24.3 Å². The maximum absolute atomic E-state index is 13.2. The molecule has 3 aromatic carbocycles. The summed E-state index contributed by atoms with van der Waals surface area (Å²) < 4.78 is 0.349. The third-order valence-corrected chi connectivity index (χ3v) is 5.55.